The van der Waals surface area contributed by atoms with Crippen LogP contribution in [0.2, 0.25) is 0 Å². The van der Waals surface area contributed by atoms with Gasteiger partial charge in [-0.2, -0.15) is 0 Å². The molecule has 1 saturated heterocycles. The Labute approximate surface area is 159 Å². The lowest BCUT2D eigenvalue weighted by Gasteiger charge is -2.44. The number of likely N-dealkylation sites (tertiary alicyclic amines) is 1. The van der Waals surface area contributed by atoms with E-state index in [1.165, 1.54) is 0 Å². The number of anilines is 1. The van der Waals surface area contributed by atoms with Gasteiger partial charge in [0.15, 0.2) is 11.5 Å². The number of hydrogen-bond donors (Lipinski definition) is 1. The summed E-state index contributed by atoms with van der Waals surface area (Å²) in [5, 5.41) is 2.95. The number of carbonyl (C=O) groups is 1. The fraction of sp³-hybridized carbons (Fsp3) is 0.381. The molecular weight excluding hydrogens is 344 g/mol. The normalized spacial score (nSPS) is 17.8. The maximum atomic E-state index is 12.5. The lowest BCUT2D eigenvalue weighted by atomic mass is 10.0. The van der Waals surface area contributed by atoms with Crippen molar-refractivity contribution >= 4 is 11.7 Å². The Morgan fingerprint density at radius 2 is 1.89 bits per heavy atom. The van der Waals surface area contributed by atoms with Crippen molar-refractivity contribution in [2.24, 2.45) is 0 Å². The summed E-state index contributed by atoms with van der Waals surface area (Å²) in [5.41, 5.74) is 2.95. The summed E-state index contributed by atoms with van der Waals surface area (Å²) in [6.07, 6.45) is 1.23. The molecule has 2 heterocycles. The quantitative estimate of drug-likeness (QED) is 0.872. The molecule has 6 nitrogen and oxygen atoms in total. The standard InChI is InChI=1S/C21H24N2O4/c1-15-6-8-17(9-7-15)22-20(24)23-12-10-21(11-13-23)26-14-16-4-3-5-18(25-2)19(16)27-21/h3-9H,10-14H2,1-2H3,(H,22,24). The van der Waals surface area contributed by atoms with E-state index < -0.39 is 5.79 Å². The Morgan fingerprint density at radius 1 is 1.15 bits per heavy atom. The summed E-state index contributed by atoms with van der Waals surface area (Å²) in [4.78, 5) is 14.3. The number of urea groups is 1. The molecule has 27 heavy (non-hydrogen) atoms. The third-order valence-electron chi connectivity index (χ3n) is 5.17. The van der Waals surface area contributed by atoms with Crippen LogP contribution in [-0.2, 0) is 11.3 Å². The number of carbonyl (C=O) groups excluding carboxylic acids is 1. The molecule has 1 N–H and O–H groups in total. The van der Waals surface area contributed by atoms with Gasteiger partial charge in [0.05, 0.1) is 13.7 Å². The third-order valence-corrected chi connectivity index (χ3v) is 5.17. The van der Waals surface area contributed by atoms with E-state index in [-0.39, 0.29) is 6.03 Å². The molecule has 6 heteroatoms. The number of ether oxygens (including phenoxy) is 3. The maximum absolute atomic E-state index is 12.5. The minimum atomic E-state index is -0.692. The molecule has 2 aliphatic heterocycles. The van der Waals surface area contributed by atoms with Crippen LogP contribution < -0.4 is 14.8 Å². The molecule has 0 radical (unpaired) electrons. The predicted molar refractivity (Wildman–Crippen MR) is 102 cm³/mol. The fourth-order valence-electron chi connectivity index (χ4n) is 3.51. The fourth-order valence-corrected chi connectivity index (χ4v) is 3.51. The summed E-state index contributed by atoms with van der Waals surface area (Å²) >= 11 is 0. The molecule has 0 aromatic heterocycles. The Morgan fingerprint density at radius 3 is 2.59 bits per heavy atom. The van der Waals surface area contributed by atoms with Crippen LogP contribution >= 0.6 is 0 Å². The zero-order valence-corrected chi connectivity index (χ0v) is 15.7. The highest BCUT2D eigenvalue weighted by Gasteiger charge is 2.42. The van der Waals surface area contributed by atoms with Crippen LogP contribution in [0.4, 0.5) is 10.5 Å². The number of hydrogen-bond acceptors (Lipinski definition) is 4. The van der Waals surface area contributed by atoms with E-state index >= 15 is 0 Å². The van der Waals surface area contributed by atoms with Crippen LogP contribution in [-0.4, -0.2) is 36.9 Å². The minimum absolute atomic E-state index is 0.0949. The highest BCUT2D eigenvalue weighted by molar-refractivity contribution is 5.89. The number of fused-ring (bicyclic) bond motifs is 1. The average Bonchev–Trinajstić information content (AvgIpc) is 2.70. The number of nitrogens with zero attached hydrogens (tertiary/aromatic N) is 1. The Balaban J connectivity index is 1.40. The number of benzene rings is 2. The van der Waals surface area contributed by atoms with E-state index in [0.717, 1.165) is 28.3 Å². The van der Waals surface area contributed by atoms with Crippen LogP contribution in [0.3, 0.4) is 0 Å². The Bertz CT molecular complexity index is 812. The van der Waals surface area contributed by atoms with E-state index in [0.29, 0.717) is 32.5 Å². The molecule has 1 spiro atoms. The third kappa shape index (κ3) is 3.57. The molecule has 4 rings (SSSR count). The first-order valence-electron chi connectivity index (χ1n) is 9.20. The van der Waals surface area contributed by atoms with Crippen molar-refractivity contribution in [3.8, 4) is 11.5 Å². The van der Waals surface area contributed by atoms with Crippen LogP contribution in [0.15, 0.2) is 42.5 Å². The molecule has 0 unspecified atom stereocenters. The summed E-state index contributed by atoms with van der Waals surface area (Å²) < 4.78 is 17.7. The smallest absolute Gasteiger partial charge is 0.321 e. The molecule has 142 valence electrons. The van der Waals surface area contributed by atoms with Crippen molar-refractivity contribution in [2.45, 2.75) is 32.2 Å². The zero-order chi connectivity index (χ0) is 18.9. The highest BCUT2D eigenvalue weighted by Crippen LogP contribution is 2.42. The van der Waals surface area contributed by atoms with E-state index in [9.17, 15) is 4.79 Å². The van der Waals surface area contributed by atoms with Gasteiger partial charge in [0.25, 0.3) is 0 Å². The van der Waals surface area contributed by atoms with E-state index in [2.05, 4.69) is 5.32 Å². The van der Waals surface area contributed by atoms with Gasteiger partial charge < -0.3 is 24.4 Å². The first-order valence-corrected chi connectivity index (χ1v) is 9.20. The molecule has 2 aliphatic rings. The molecular formula is C21H24N2O4. The maximum Gasteiger partial charge on any atom is 0.321 e. The van der Waals surface area contributed by atoms with Gasteiger partial charge in [-0.3, -0.25) is 0 Å². The molecule has 1 fully saturated rings. The van der Waals surface area contributed by atoms with Crippen molar-refractivity contribution in [3.63, 3.8) is 0 Å². The van der Waals surface area contributed by atoms with Crippen molar-refractivity contribution < 1.29 is 19.0 Å². The van der Waals surface area contributed by atoms with Gasteiger partial charge in [-0.05, 0) is 25.1 Å². The molecule has 0 bridgehead atoms. The first kappa shape index (κ1) is 17.7. The number of para-hydroxylation sites is 1. The summed E-state index contributed by atoms with van der Waals surface area (Å²) in [7, 11) is 1.64. The molecule has 2 aromatic carbocycles. The topological polar surface area (TPSA) is 60.0 Å². The second kappa shape index (κ2) is 7.12. The van der Waals surface area contributed by atoms with Crippen molar-refractivity contribution in [1.82, 2.24) is 4.90 Å². The van der Waals surface area contributed by atoms with Gasteiger partial charge in [0.2, 0.25) is 5.79 Å². The van der Waals surface area contributed by atoms with Crippen molar-refractivity contribution in [1.29, 1.82) is 0 Å². The van der Waals surface area contributed by atoms with Crippen LogP contribution in [0.5, 0.6) is 11.5 Å². The lowest BCUT2D eigenvalue weighted by molar-refractivity contribution is -0.225. The number of aryl methyl sites for hydroxylation is 1. The van der Waals surface area contributed by atoms with Gasteiger partial charge in [-0.1, -0.05) is 29.8 Å². The summed E-state index contributed by atoms with van der Waals surface area (Å²) in [6.45, 7) is 3.65. The number of rotatable bonds is 2. The molecule has 0 saturated carbocycles. The number of piperidine rings is 1. The first-order chi connectivity index (χ1) is 13.1. The highest BCUT2D eigenvalue weighted by atomic mass is 16.7. The molecule has 0 atom stereocenters. The monoisotopic (exact) mass is 368 g/mol. The second-order valence-electron chi connectivity index (χ2n) is 7.03. The lowest BCUT2D eigenvalue weighted by Crippen LogP contribution is -2.53. The Hall–Kier alpha value is -2.73. The SMILES string of the molecule is COc1cccc2c1OC1(CCN(C(=O)Nc3ccc(C)cc3)CC1)OC2. The number of amides is 2. The van der Waals surface area contributed by atoms with E-state index in [1.807, 2.05) is 49.4 Å². The largest absolute Gasteiger partial charge is 0.493 e. The van der Waals surface area contributed by atoms with Crippen molar-refractivity contribution in [2.75, 3.05) is 25.5 Å². The van der Waals surface area contributed by atoms with Crippen molar-refractivity contribution in [3.05, 3.63) is 53.6 Å². The van der Waals surface area contributed by atoms with Crippen LogP contribution in [0, 0.1) is 6.92 Å². The molecule has 2 amide bonds. The van der Waals surface area contributed by atoms with Gasteiger partial charge in [0.1, 0.15) is 0 Å². The summed E-state index contributed by atoms with van der Waals surface area (Å²) in [6, 6.07) is 13.5. The molecule has 0 aliphatic carbocycles. The van der Waals surface area contributed by atoms with E-state index in [4.69, 9.17) is 14.2 Å². The van der Waals surface area contributed by atoms with Crippen LogP contribution in [0.25, 0.3) is 0 Å². The number of methoxy groups -OCH3 is 1. The predicted octanol–water partition coefficient (Wildman–Crippen LogP) is 3.94. The zero-order valence-electron chi connectivity index (χ0n) is 15.7. The minimum Gasteiger partial charge on any atom is -0.493 e. The van der Waals surface area contributed by atoms with E-state index in [1.54, 1.807) is 12.0 Å². The van der Waals surface area contributed by atoms with Gasteiger partial charge in [-0.25, -0.2) is 4.79 Å². The van der Waals surface area contributed by atoms with Gasteiger partial charge in [-0.15, -0.1) is 0 Å². The summed E-state index contributed by atoms with van der Waals surface area (Å²) in [5.74, 6) is 0.779. The molecule has 2 aromatic rings. The van der Waals surface area contributed by atoms with Gasteiger partial charge >= 0.3 is 6.03 Å². The average molecular weight is 368 g/mol. The van der Waals surface area contributed by atoms with Crippen LogP contribution in [0.1, 0.15) is 24.0 Å². The Kier molecular flexibility index (Phi) is 4.66. The number of nitrogens with one attached hydrogen (secondary N) is 1. The second-order valence-corrected chi connectivity index (χ2v) is 7.03. The van der Waals surface area contributed by atoms with Gasteiger partial charge in [0, 0.05) is 37.2 Å².